The third-order valence-electron chi connectivity index (χ3n) is 4.13. The van der Waals surface area contributed by atoms with Gasteiger partial charge in [-0.05, 0) is 18.6 Å². The van der Waals surface area contributed by atoms with Crippen LogP contribution in [0, 0.1) is 0 Å². The first-order valence-corrected chi connectivity index (χ1v) is 7.37. The second-order valence-electron chi connectivity index (χ2n) is 5.57. The summed E-state index contributed by atoms with van der Waals surface area (Å²) in [5, 5.41) is 7.14. The Labute approximate surface area is 134 Å². The predicted octanol–water partition coefficient (Wildman–Crippen LogP) is 2.81. The molecule has 4 rings (SSSR count). The highest BCUT2D eigenvalue weighted by atomic mass is 19.4. The fraction of sp³-hybridized carbons (Fsp3) is 0.400. The maximum Gasteiger partial charge on any atom is 0.452 e. The first-order chi connectivity index (χ1) is 11.5. The number of hydrogen-bond acceptors (Lipinski definition) is 5. The highest BCUT2D eigenvalue weighted by Crippen LogP contribution is 2.35. The van der Waals surface area contributed by atoms with Crippen LogP contribution in [0.2, 0.25) is 0 Å². The smallest absolute Gasteiger partial charge is 0.452 e. The molecule has 2 aromatic heterocycles. The maximum absolute atomic E-state index is 13.4. The van der Waals surface area contributed by atoms with Gasteiger partial charge in [-0.1, -0.05) is 6.07 Å². The van der Waals surface area contributed by atoms with Crippen LogP contribution in [0.5, 0.6) is 5.75 Å². The Bertz CT molecular complexity index is 916. The van der Waals surface area contributed by atoms with Gasteiger partial charge in [0.1, 0.15) is 11.3 Å². The molecule has 1 aliphatic rings. The zero-order valence-corrected chi connectivity index (χ0v) is 12.7. The van der Waals surface area contributed by atoms with Crippen molar-refractivity contribution in [1.29, 1.82) is 0 Å². The fourth-order valence-electron chi connectivity index (χ4n) is 3.02. The summed E-state index contributed by atoms with van der Waals surface area (Å²) in [5.74, 6) is -0.790. The van der Waals surface area contributed by atoms with E-state index in [1.54, 1.807) is 18.2 Å². The number of methoxy groups -OCH3 is 1. The molecule has 1 unspecified atom stereocenters. The summed E-state index contributed by atoms with van der Waals surface area (Å²) < 4.78 is 51.7. The number of para-hydroxylation sites is 1. The molecule has 1 aromatic carbocycles. The van der Waals surface area contributed by atoms with Crippen LogP contribution in [0.3, 0.4) is 0 Å². The molecule has 9 heteroatoms. The second-order valence-corrected chi connectivity index (χ2v) is 5.57. The molecule has 1 aliphatic heterocycles. The standard InChI is InChI=1S/C15H13F3N4O2/c1-23-10-4-2-3-9-12(10)19-11(8-5-6-24-7-8)13-20-21-14(22(9)13)15(16,17)18/h2-4,8H,5-7H2,1H3. The summed E-state index contributed by atoms with van der Waals surface area (Å²) in [7, 11) is 1.45. The van der Waals surface area contributed by atoms with Crippen LogP contribution in [-0.2, 0) is 10.9 Å². The molecule has 1 saturated heterocycles. The average molecular weight is 338 g/mol. The van der Waals surface area contributed by atoms with Gasteiger partial charge in [-0.15, -0.1) is 10.2 Å². The zero-order valence-electron chi connectivity index (χ0n) is 12.7. The van der Waals surface area contributed by atoms with Crippen molar-refractivity contribution in [3.05, 3.63) is 29.7 Å². The molecule has 0 amide bonds. The van der Waals surface area contributed by atoms with E-state index in [1.807, 2.05) is 0 Å². The van der Waals surface area contributed by atoms with Crippen LogP contribution < -0.4 is 4.74 Å². The largest absolute Gasteiger partial charge is 0.494 e. The van der Waals surface area contributed by atoms with Gasteiger partial charge in [-0.2, -0.15) is 13.2 Å². The summed E-state index contributed by atoms with van der Waals surface area (Å²) >= 11 is 0. The van der Waals surface area contributed by atoms with E-state index in [0.717, 1.165) is 4.40 Å². The Morgan fingerprint density at radius 2 is 2.12 bits per heavy atom. The van der Waals surface area contributed by atoms with E-state index in [4.69, 9.17) is 9.47 Å². The topological polar surface area (TPSA) is 61.5 Å². The fourth-order valence-corrected chi connectivity index (χ4v) is 3.02. The molecule has 0 bridgehead atoms. The number of halogens is 3. The first kappa shape index (κ1) is 15.1. The van der Waals surface area contributed by atoms with Gasteiger partial charge in [0.25, 0.3) is 0 Å². The quantitative estimate of drug-likeness (QED) is 0.719. The molecule has 24 heavy (non-hydrogen) atoms. The highest BCUT2D eigenvalue weighted by molar-refractivity contribution is 5.84. The van der Waals surface area contributed by atoms with Crippen LogP contribution in [0.4, 0.5) is 13.2 Å². The van der Waals surface area contributed by atoms with E-state index in [1.165, 1.54) is 7.11 Å². The van der Waals surface area contributed by atoms with Gasteiger partial charge in [0, 0.05) is 12.5 Å². The van der Waals surface area contributed by atoms with E-state index in [2.05, 4.69) is 15.2 Å². The van der Waals surface area contributed by atoms with Gasteiger partial charge in [-0.3, -0.25) is 4.40 Å². The van der Waals surface area contributed by atoms with Crippen molar-refractivity contribution < 1.29 is 22.6 Å². The molecule has 0 radical (unpaired) electrons. The van der Waals surface area contributed by atoms with E-state index in [9.17, 15) is 13.2 Å². The van der Waals surface area contributed by atoms with Crippen LogP contribution in [0.1, 0.15) is 23.9 Å². The van der Waals surface area contributed by atoms with Crippen molar-refractivity contribution >= 4 is 16.7 Å². The van der Waals surface area contributed by atoms with Crippen LogP contribution >= 0.6 is 0 Å². The van der Waals surface area contributed by atoms with Gasteiger partial charge < -0.3 is 9.47 Å². The highest BCUT2D eigenvalue weighted by Gasteiger charge is 2.39. The number of hydrogen-bond donors (Lipinski definition) is 0. The lowest BCUT2D eigenvalue weighted by Crippen LogP contribution is -2.13. The molecule has 0 saturated carbocycles. The van der Waals surface area contributed by atoms with Crippen molar-refractivity contribution in [2.45, 2.75) is 18.5 Å². The molecule has 0 spiro atoms. The minimum atomic E-state index is -4.62. The van der Waals surface area contributed by atoms with Gasteiger partial charge in [0.15, 0.2) is 5.65 Å². The number of ether oxygens (including phenoxy) is 2. The van der Waals surface area contributed by atoms with E-state index in [0.29, 0.717) is 36.6 Å². The molecule has 0 N–H and O–H groups in total. The van der Waals surface area contributed by atoms with Gasteiger partial charge >= 0.3 is 6.18 Å². The molecular formula is C15H13F3N4O2. The summed E-state index contributed by atoms with van der Waals surface area (Å²) in [5.41, 5.74) is 1.16. The van der Waals surface area contributed by atoms with Crippen molar-refractivity contribution in [2.24, 2.45) is 0 Å². The van der Waals surface area contributed by atoms with E-state index in [-0.39, 0.29) is 17.1 Å². The normalized spacial score (nSPS) is 18.6. The summed E-state index contributed by atoms with van der Waals surface area (Å²) in [6, 6.07) is 4.82. The Kier molecular flexibility index (Phi) is 3.34. The van der Waals surface area contributed by atoms with Crippen molar-refractivity contribution in [1.82, 2.24) is 19.6 Å². The number of aromatic nitrogens is 4. The minimum absolute atomic E-state index is 0.110. The van der Waals surface area contributed by atoms with Gasteiger partial charge in [-0.25, -0.2) is 4.98 Å². The monoisotopic (exact) mass is 338 g/mol. The molecule has 6 nitrogen and oxygen atoms in total. The second kappa shape index (κ2) is 5.30. The third-order valence-corrected chi connectivity index (χ3v) is 4.13. The van der Waals surface area contributed by atoms with Crippen LogP contribution in [-0.4, -0.2) is 39.9 Å². The zero-order chi connectivity index (χ0) is 16.9. The Morgan fingerprint density at radius 1 is 1.29 bits per heavy atom. The molecule has 3 heterocycles. The lowest BCUT2D eigenvalue weighted by molar-refractivity contribution is -0.145. The first-order valence-electron chi connectivity index (χ1n) is 7.37. The molecular weight excluding hydrogens is 325 g/mol. The number of fused-ring (bicyclic) bond motifs is 3. The van der Waals surface area contributed by atoms with Crippen LogP contribution in [0.25, 0.3) is 16.7 Å². The van der Waals surface area contributed by atoms with E-state index >= 15 is 0 Å². The molecule has 1 atom stereocenters. The third kappa shape index (κ3) is 2.19. The summed E-state index contributed by atoms with van der Waals surface area (Å²) in [6.45, 7) is 0.945. The number of benzene rings is 1. The Balaban J connectivity index is 2.13. The SMILES string of the molecule is COc1cccc2c1nc(C1CCOC1)c1nnc(C(F)(F)F)n12. The van der Waals surface area contributed by atoms with Gasteiger partial charge in [0.2, 0.25) is 5.82 Å². The van der Waals surface area contributed by atoms with Crippen LogP contribution in [0.15, 0.2) is 18.2 Å². The molecule has 0 aliphatic carbocycles. The maximum atomic E-state index is 13.4. The Morgan fingerprint density at radius 3 is 2.79 bits per heavy atom. The lowest BCUT2D eigenvalue weighted by atomic mass is 10.0. The van der Waals surface area contributed by atoms with Gasteiger partial charge in [0.05, 0.1) is 24.9 Å². The summed E-state index contributed by atoms with van der Waals surface area (Å²) in [6.07, 6.45) is -3.95. The Hall–Kier alpha value is -2.42. The predicted molar refractivity (Wildman–Crippen MR) is 78.0 cm³/mol. The minimum Gasteiger partial charge on any atom is -0.494 e. The molecule has 1 fully saturated rings. The van der Waals surface area contributed by atoms with E-state index < -0.39 is 12.0 Å². The number of nitrogens with zero attached hydrogens (tertiary/aromatic N) is 4. The molecule has 3 aromatic rings. The summed E-state index contributed by atoms with van der Waals surface area (Å²) in [4.78, 5) is 4.56. The average Bonchev–Trinajstić information content (AvgIpc) is 3.22. The molecule has 126 valence electrons. The van der Waals surface area contributed by atoms with Crippen molar-refractivity contribution in [2.75, 3.05) is 20.3 Å². The number of rotatable bonds is 2. The van der Waals surface area contributed by atoms with Crippen molar-refractivity contribution in [3.8, 4) is 5.75 Å². The lowest BCUT2D eigenvalue weighted by Gasteiger charge is -2.14. The number of alkyl halides is 3. The van der Waals surface area contributed by atoms with Crippen molar-refractivity contribution in [3.63, 3.8) is 0 Å².